The number of aliphatic hydroxyl groups excluding tert-OH is 4. The molecule has 1 saturated heterocycles. The highest BCUT2D eigenvalue weighted by Crippen LogP contribution is 2.41. The second kappa shape index (κ2) is 26.2. The number of aliphatic hydroxyl groups is 4. The van der Waals surface area contributed by atoms with E-state index in [0.29, 0.717) is 70.5 Å². The van der Waals surface area contributed by atoms with Gasteiger partial charge in [-0.3, -0.25) is 43.3 Å². The Balaban J connectivity index is 0.000000149. The summed E-state index contributed by atoms with van der Waals surface area (Å²) in [6.07, 6.45) is 5.52. The molecule has 20 N–H and O–H groups in total. The zero-order valence-electron chi connectivity index (χ0n) is 45.5. The van der Waals surface area contributed by atoms with Crippen molar-refractivity contribution in [3.63, 3.8) is 0 Å². The van der Waals surface area contributed by atoms with Crippen LogP contribution in [0.15, 0.2) is 105 Å². The summed E-state index contributed by atoms with van der Waals surface area (Å²) in [5, 5.41) is 38.4. The number of H-pyrrole nitrogens is 6. The summed E-state index contributed by atoms with van der Waals surface area (Å²) in [4.78, 5) is 122. The fraction of sp³-hybridized carbons (Fsp3) is 0.294. The molecular formula is C51H60FN17O15P2. The van der Waals surface area contributed by atoms with Crippen molar-refractivity contribution < 1.29 is 58.3 Å². The number of nitrogens with two attached hydrogens (primary N) is 3. The minimum Gasteiger partial charge on any atom is -0.395 e. The number of nitrogen functional groups attached to an aromatic ring is 3. The number of imidazole rings is 2. The number of rotatable bonds is 15. The molecule has 0 aliphatic carbocycles. The average molecular weight is 1230 g/mol. The van der Waals surface area contributed by atoms with Crippen LogP contribution in [0, 0.1) is 11.2 Å². The van der Waals surface area contributed by atoms with Crippen molar-refractivity contribution in [3.8, 4) is 0 Å². The number of aryl methyl sites for hydroxylation is 1. The number of ether oxygens (including phenoxy) is 1. The smallest absolute Gasteiger partial charge is 0.349 e. The van der Waals surface area contributed by atoms with E-state index in [-0.39, 0.29) is 69.2 Å². The first-order valence-electron chi connectivity index (χ1n) is 25.8. The molecule has 9 heterocycles. The van der Waals surface area contributed by atoms with Crippen molar-refractivity contribution in [1.82, 2.24) is 68.9 Å². The fourth-order valence-electron chi connectivity index (χ4n) is 9.20. The van der Waals surface area contributed by atoms with Crippen LogP contribution in [0.25, 0.3) is 50.5 Å². The molecule has 0 bridgehead atoms. The Morgan fingerprint density at radius 3 is 1.93 bits per heavy atom. The van der Waals surface area contributed by atoms with E-state index in [1.165, 1.54) is 37.3 Å². The van der Waals surface area contributed by atoms with Crippen LogP contribution < -0.4 is 39.4 Å². The minimum absolute atomic E-state index is 0.0102. The van der Waals surface area contributed by atoms with Gasteiger partial charge in [-0.2, -0.15) is 9.97 Å². The predicted octanol–water partition coefficient (Wildman–Crippen LogP) is 1.09. The number of aromatic nitrogens is 14. The molecule has 86 heavy (non-hydrogen) atoms. The Morgan fingerprint density at radius 1 is 0.709 bits per heavy atom. The van der Waals surface area contributed by atoms with E-state index in [1.54, 1.807) is 51.7 Å². The van der Waals surface area contributed by atoms with Gasteiger partial charge in [0.05, 0.1) is 44.9 Å². The van der Waals surface area contributed by atoms with Crippen molar-refractivity contribution in [2.24, 2.45) is 5.41 Å². The number of halogens is 1. The maximum atomic E-state index is 13.9. The zero-order chi connectivity index (χ0) is 62.4. The van der Waals surface area contributed by atoms with Crippen molar-refractivity contribution in [1.29, 1.82) is 0 Å². The van der Waals surface area contributed by atoms with E-state index in [9.17, 15) is 48.0 Å². The van der Waals surface area contributed by atoms with Crippen LogP contribution in [-0.4, -0.2) is 147 Å². The molecule has 1 fully saturated rings. The summed E-state index contributed by atoms with van der Waals surface area (Å²) >= 11 is 0. The van der Waals surface area contributed by atoms with E-state index >= 15 is 0 Å². The highest BCUT2D eigenvalue weighted by atomic mass is 31.2. The molecule has 0 unspecified atom stereocenters. The number of hydrogen-bond donors (Lipinski definition) is 17. The zero-order valence-corrected chi connectivity index (χ0v) is 47.3. The maximum absolute atomic E-state index is 13.9. The third kappa shape index (κ3) is 15.0. The lowest BCUT2D eigenvalue weighted by atomic mass is 9.86. The molecule has 35 heteroatoms. The number of anilines is 3. The predicted molar refractivity (Wildman–Crippen MR) is 312 cm³/mol. The van der Waals surface area contributed by atoms with E-state index in [1.807, 2.05) is 19.9 Å². The number of fused-ring (bicyclic) bond motifs is 4. The van der Waals surface area contributed by atoms with E-state index < -0.39 is 69.1 Å². The standard InChI is InChI=1S/C14H13FN4O2.C14H14N5O4P.C12H20N5O4P.C11H13N3O5/c15-10-4-2-1-3-7(10)9(6-20)8-5-17-12-11(8)18-14(16)19-13(12)21;15-14-17-12-11(13(20)18-14)16-8-19(12)7-10-4-2-1-3-9(10)5-6-24(21,22)23;1-12(2,4-6-22(19,20)21)3-5-17-7-14-8-9(17)15-11(13)16-10(8)18;15-2-5-8(16)9(17)10(19-5)4-1-12-7-6(4)13-3-14-11(7)18/h1-5,9,17,20H,6H2,(H3,16,18,19,21);1-6,8H,7H2,(H2,21,22,23)(H3,15,17,18,20);7H,3-6H2,1-2H3,(H2,19,20,21)(H3,13,15,16,18);1,3,5,8-10,12,15-17H,2H2,(H,13,14,18)/b;6-5+;;/t9-;;;5-,8-,9-,10+/m0..1/s1. The van der Waals surface area contributed by atoms with Gasteiger partial charge in [0.15, 0.2) is 22.3 Å². The van der Waals surface area contributed by atoms with Gasteiger partial charge in [-0.15, -0.1) is 0 Å². The van der Waals surface area contributed by atoms with Gasteiger partial charge in [-0.05, 0) is 47.1 Å². The van der Waals surface area contributed by atoms with Gasteiger partial charge < -0.3 is 86.0 Å². The molecule has 0 spiro atoms. The largest absolute Gasteiger partial charge is 0.395 e. The lowest BCUT2D eigenvalue weighted by molar-refractivity contribution is -0.0224. The molecule has 32 nitrogen and oxygen atoms in total. The normalized spacial score (nSPS) is 16.7. The fourth-order valence-corrected chi connectivity index (χ4v) is 10.5. The van der Waals surface area contributed by atoms with Crippen LogP contribution in [0.4, 0.5) is 22.2 Å². The van der Waals surface area contributed by atoms with Gasteiger partial charge >= 0.3 is 15.2 Å². The maximum Gasteiger partial charge on any atom is 0.349 e. The molecule has 1 aliphatic heterocycles. The highest BCUT2D eigenvalue weighted by Gasteiger charge is 2.44. The van der Waals surface area contributed by atoms with Crippen molar-refractivity contribution >= 4 is 83.5 Å². The van der Waals surface area contributed by atoms with Crippen LogP contribution in [0.1, 0.15) is 66.5 Å². The lowest BCUT2D eigenvalue weighted by Crippen LogP contribution is -2.32. The number of aromatic amines is 6. The quantitative estimate of drug-likeness (QED) is 0.0639. The molecule has 8 aromatic heterocycles. The van der Waals surface area contributed by atoms with Crippen LogP contribution in [0.2, 0.25) is 0 Å². The van der Waals surface area contributed by atoms with Crippen molar-refractivity contribution in [2.45, 2.75) is 70.1 Å². The van der Waals surface area contributed by atoms with Crippen LogP contribution in [0.3, 0.4) is 0 Å². The molecule has 0 radical (unpaired) electrons. The molecule has 0 saturated carbocycles. The molecule has 11 rings (SSSR count). The summed E-state index contributed by atoms with van der Waals surface area (Å²) in [6, 6.07) is 13.3. The Labute approximate surface area is 482 Å². The van der Waals surface area contributed by atoms with E-state index in [0.717, 1.165) is 11.4 Å². The molecule has 10 aromatic rings. The Bertz CT molecular complexity index is 4430. The summed E-state index contributed by atoms with van der Waals surface area (Å²) < 4.78 is 44.7. The first-order valence-corrected chi connectivity index (χ1v) is 29.3. The monoisotopic (exact) mass is 1230 g/mol. The van der Waals surface area contributed by atoms with Crippen molar-refractivity contribution in [3.05, 3.63) is 161 Å². The first kappa shape index (κ1) is 63.2. The SMILES string of the molecule is CC(C)(CCn1cnc2c(=O)[nH]c(N)nc21)CCP(=O)(O)O.Nc1nc2c([C@@H](CO)c3ccccc3F)c[nH]c2c(=O)[nH]1.Nc1nc2c(ncn2Cc2ccccc2/C=C/P(=O)(O)O)c(=O)[nH]1.O=c1[nH]cnc2c([C@@H]3O[C@H](CO)[C@@H](O)[C@H]3O)c[nH]c12. The minimum atomic E-state index is -4.25. The molecular weight excluding hydrogens is 1170 g/mol. The number of nitrogens with one attached hydrogen (secondary N) is 6. The lowest BCUT2D eigenvalue weighted by Gasteiger charge is -2.24. The Morgan fingerprint density at radius 2 is 1.30 bits per heavy atom. The summed E-state index contributed by atoms with van der Waals surface area (Å²) in [7, 11) is -8.24. The molecule has 5 atom stereocenters. The molecule has 1 aliphatic rings. The highest BCUT2D eigenvalue weighted by molar-refractivity contribution is 7.55. The van der Waals surface area contributed by atoms with Gasteiger partial charge in [0.25, 0.3) is 22.2 Å². The second-order valence-corrected chi connectivity index (χ2v) is 23.6. The molecule has 2 aromatic carbocycles. The number of hydrogen-bond acceptors (Lipinski definition) is 20. The Hall–Kier alpha value is -8.85. The Kier molecular flexibility index (Phi) is 19.2. The molecule has 456 valence electrons. The van der Waals surface area contributed by atoms with Gasteiger partial charge in [-0.1, -0.05) is 56.3 Å². The number of benzene rings is 2. The number of nitrogens with zero attached hydrogens (tertiary/aromatic N) is 8. The van der Waals surface area contributed by atoms with Crippen LogP contribution in [-0.2, 0) is 27.0 Å². The van der Waals surface area contributed by atoms with Gasteiger partial charge in [-0.25, -0.2) is 24.3 Å². The second-order valence-electron chi connectivity index (χ2n) is 20.3. The van der Waals surface area contributed by atoms with Gasteiger partial charge in [0, 0.05) is 41.8 Å². The van der Waals surface area contributed by atoms with Gasteiger partial charge in [0.2, 0.25) is 17.8 Å². The van der Waals surface area contributed by atoms with E-state index in [4.69, 9.17) is 46.6 Å². The summed E-state index contributed by atoms with van der Waals surface area (Å²) in [5.74, 6) is -0.224. The van der Waals surface area contributed by atoms with Crippen LogP contribution >= 0.6 is 15.2 Å². The molecule has 0 amide bonds. The van der Waals surface area contributed by atoms with Crippen LogP contribution in [0.5, 0.6) is 0 Å². The van der Waals surface area contributed by atoms with E-state index in [2.05, 4.69) is 59.8 Å². The third-order valence-corrected chi connectivity index (χ3v) is 15.1. The summed E-state index contributed by atoms with van der Waals surface area (Å²) in [5.41, 5.74) is 20.0. The topological polar surface area (TPSA) is 533 Å². The average Bonchev–Trinajstić information content (AvgIpc) is 2.71. The van der Waals surface area contributed by atoms with Gasteiger partial charge in [0.1, 0.15) is 52.3 Å². The first-order chi connectivity index (χ1) is 40.6. The summed E-state index contributed by atoms with van der Waals surface area (Å²) in [6.45, 7) is 4.01. The van der Waals surface area contributed by atoms with Crippen molar-refractivity contribution in [2.75, 3.05) is 36.6 Å². The third-order valence-electron chi connectivity index (χ3n) is 13.7.